The van der Waals surface area contributed by atoms with E-state index in [1.165, 1.54) is 10.8 Å². The van der Waals surface area contributed by atoms with E-state index in [0.717, 1.165) is 22.0 Å². The van der Waals surface area contributed by atoms with Crippen LogP contribution in [0.5, 0.6) is 0 Å². The number of benzene rings is 2. The van der Waals surface area contributed by atoms with E-state index in [4.69, 9.17) is 5.73 Å². The Morgan fingerprint density at radius 3 is 2.67 bits per heavy atom. The molecule has 104 valence electrons. The van der Waals surface area contributed by atoms with E-state index in [1.54, 1.807) is 6.08 Å². The van der Waals surface area contributed by atoms with Crippen molar-refractivity contribution in [3.8, 4) is 0 Å². The Morgan fingerprint density at radius 2 is 1.86 bits per heavy atom. The van der Waals surface area contributed by atoms with Gasteiger partial charge in [0, 0.05) is 11.5 Å². The number of para-hydroxylation sites is 1. The van der Waals surface area contributed by atoms with Crippen LogP contribution >= 0.6 is 0 Å². The van der Waals surface area contributed by atoms with E-state index < -0.39 is 0 Å². The third kappa shape index (κ3) is 2.43. The Morgan fingerprint density at radius 1 is 1.14 bits per heavy atom. The van der Waals surface area contributed by atoms with Gasteiger partial charge >= 0.3 is 0 Å². The number of allylic oxidation sites excluding steroid dienone is 1. The molecule has 1 aromatic heterocycles. The summed E-state index contributed by atoms with van der Waals surface area (Å²) in [6, 6.07) is 15.3. The zero-order valence-corrected chi connectivity index (χ0v) is 11.7. The summed E-state index contributed by atoms with van der Waals surface area (Å²) in [6.07, 6.45) is 3.31. The van der Waals surface area contributed by atoms with Gasteiger partial charge in [0.2, 0.25) is 0 Å². The summed E-state index contributed by atoms with van der Waals surface area (Å²) in [5.74, 6) is 0.148. The molecule has 4 nitrogen and oxygen atoms in total. The van der Waals surface area contributed by atoms with Crippen molar-refractivity contribution in [3.63, 3.8) is 0 Å². The highest BCUT2D eigenvalue weighted by molar-refractivity contribution is 6.02. The molecular weight excluding hydrogens is 262 g/mol. The molecule has 1 heterocycles. The summed E-state index contributed by atoms with van der Waals surface area (Å²) >= 11 is 0. The number of hydrogen-bond donors (Lipinski definition) is 1. The summed E-state index contributed by atoms with van der Waals surface area (Å²) in [4.78, 5) is 12.3. The smallest absolute Gasteiger partial charge is 0.271 e. The minimum atomic E-state index is -0.217. The van der Waals surface area contributed by atoms with E-state index in [2.05, 4.69) is 5.10 Å². The second-order valence-electron chi connectivity index (χ2n) is 4.84. The van der Waals surface area contributed by atoms with Gasteiger partial charge in [-0.3, -0.25) is 4.79 Å². The normalized spacial score (nSPS) is 11.3. The second kappa shape index (κ2) is 5.25. The van der Waals surface area contributed by atoms with Gasteiger partial charge in [0.05, 0.1) is 5.52 Å². The molecule has 0 bridgehead atoms. The Labute approximate surface area is 122 Å². The zero-order valence-electron chi connectivity index (χ0n) is 11.7. The molecule has 0 fully saturated rings. The lowest BCUT2D eigenvalue weighted by molar-refractivity contribution is 0.0961. The number of hydrogen-bond acceptors (Lipinski definition) is 3. The molecule has 2 aromatic carbocycles. The van der Waals surface area contributed by atoms with Crippen molar-refractivity contribution in [2.75, 3.05) is 5.73 Å². The van der Waals surface area contributed by atoms with E-state index >= 15 is 0 Å². The van der Waals surface area contributed by atoms with Crippen molar-refractivity contribution in [3.05, 3.63) is 65.7 Å². The molecule has 21 heavy (non-hydrogen) atoms. The number of anilines is 1. The van der Waals surface area contributed by atoms with Crippen molar-refractivity contribution in [1.29, 1.82) is 0 Å². The molecule has 0 saturated carbocycles. The number of aryl methyl sites for hydroxylation is 1. The van der Waals surface area contributed by atoms with Crippen LogP contribution in [-0.4, -0.2) is 15.7 Å². The molecule has 3 rings (SSSR count). The maximum absolute atomic E-state index is 12.3. The van der Waals surface area contributed by atoms with Gasteiger partial charge in [-0.2, -0.15) is 4.68 Å². The fraction of sp³-hybridized carbons (Fsp3) is 0.0588. The van der Waals surface area contributed by atoms with Crippen molar-refractivity contribution >= 4 is 28.7 Å². The minimum Gasteiger partial charge on any atom is -0.382 e. The first-order valence-corrected chi connectivity index (χ1v) is 6.68. The Hall–Kier alpha value is -2.88. The number of nitrogens with two attached hydrogens (primary N) is 1. The maximum Gasteiger partial charge on any atom is 0.271 e. The molecule has 0 spiro atoms. The molecule has 0 saturated heterocycles. The first kappa shape index (κ1) is 13.1. The largest absolute Gasteiger partial charge is 0.382 e. The third-order valence-electron chi connectivity index (χ3n) is 3.42. The van der Waals surface area contributed by atoms with Crippen LogP contribution in [0.3, 0.4) is 0 Å². The number of carbonyl (C=O) groups is 1. The van der Waals surface area contributed by atoms with E-state index in [0.29, 0.717) is 5.82 Å². The molecule has 3 aromatic rings. The van der Waals surface area contributed by atoms with Gasteiger partial charge in [-0.25, -0.2) is 0 Å². The molecule has 0 amide bonds. The number of fused-ring (bicyclic) bond motifs is 1. The molecule has 0 unspecified atom stereocenters. The van der Waals surface area contributed by atoms with E-state index in [9.17, 15) is 4.79 Å². The average Bonchev–Trinajstić information content (AvgIpc) is 2.84. The van der Waals surface area contributed by atoms with Gasteiger partial charge in [-0.1, -0.05) is 36.4 Å². The molecule has 0 aliphatic carbocycles. The van der Waals surface area contributed by atoms with Crippen molar-refractivity contribution in [2.24, 2.45) is 0 Å². The van der Waals surface area contributed by atoms with Gasteiger partial charge in [-0.15, -0.1) is 5.10 Å². The van der Waals surface area contributed by atoms with Crippen molar-refractivity contribution in [1.82, 2.24) is 9.78 Å². The SMILES string of the molecule is Cc1ccccc1C=CC(=O)n1nc(N)c2ccccc21. The van der Waals surface area contributed by atoms with E-state index in [1.807, 2.05) is 55.5 Å². The fourth-order valence-electron chi connectivity index (χ4n) is 2.26. The Bertz CT molecular complexity index is 846. The minimum absolute atomic E-state index is 0.217. The highest BCUT2D eigenvalue weighted by Crippen LogP contribution is 2.20. The third-order valence-corrected chi connectivity index (χ3v) is 3.42. The first-order valence-electron chi connectivity index (χ1n) is 6.68. The van der Waals surface area contributed by atoms with Gasteiger partial charge in [0.25, 0.3) is 5.91 Å². The monoisotopic (exact) mass is 277 g/mol. The summed E-state index contributed by atoms with van der Waals surface area (Å²) in [5, 5.41) is 4.91. The standard InChI is InChI=1S/C17H15N3O/c1-12-6-2-3-7-13(12)10-11-16(21)20-15-9-5-4-8-14(15)17(18)19-20/h2-11H,1H3,(H2,18,19). The predicted molar refractivity (Wildman–Crippen MR) is 85.0 cm³/mol. The van der Waals surface area contributed by atoms with Crippen LogP contribution in [0.2, 0.25) is 0 Å². The second-order valence-corrected chi connectivity index (χ2v) is 4.84. The lowest BCUT2D eigenvalue weighted by Gasteiger charge is -1.99. The molecule has 0 aliphatic rings. The highest BCUT2D eigenvalue weighted by Gasteiger charge is 2.11. The van der Waals surface area contributed by atoms with Crippen LogP contribution in [0.25, 0.3) is 17.0 Å². The lowest BCUT2D eigenvalue weighted by atomic mass is 10.1. The summed E-state index contributed by atoms with van der Waals surface area (Å²) in [7, 11) is 0. The number of aromatic nitrogens is 2. The van der Waals surface area contributed by atoms with Crippen molar-refractivity contribution in [2.45, 2.75) is 6.92 Å². The fourth-order valence-corrected chi connectivity index (χ4v) is 2.26. The first-order chi connectivity index (χ1) is 10.2. The molecule has 0 atom stereocenters. The predicted octanol–water partition coefficient (Wildman–Crippen LogP) is 3.28. The Kier molecular flexibility index (Phi) is 3.28. The van der Waals surface area contributed by atoms with Crippen molar-refractivity contribution < 1.29 is 4.79 Å². The molecule has 2 N–H and O–H groups in total. The molecule has 4 heteroatoms. The lowest BCUT2D eigenvalue weighted by Crippen LogP contribution is -2.09. The number of nitrogen functional groups attached to an aromatic ring is 1. The number of rotatable bonds is 2. The average molecular weight is 277 g/mol. The topological polar surface area (TPSA) is 60.9 Å². The summed E-state index contributed by atoms with van der Waals surface area (Å²) in [6.45, 7) is 2.01. The molecule has 0 radical (unpaired) electrons. The van der Waals surface area contributed by atoms with Crippen LogP contribution in [0.15, 0.2) is 54.6 Å². The number of nitrogens with zero attached hydrogens (tertiary/aromatic N) is 2. The molecular formula is C17H15N3O. The van der Waals surface area contributed by atoms with Crippen LogP contribution < -0.4 is 5.73 Å². The summed E-state index contributed by atoms with van der Waals surface area (Å²) in [5.41, 5.74) is 8.68. The maximum atomic E-state index is 12.3. The zero-order chi connectivity index (χ0) is 14.8. The summed E-state index contributed by atoms with van der Waals surface area (Å²) < 4.78 is 1.33. The van der Waals surface area contributed by atoms with Gasteiger partial charge in [0.1, 0.15) is 0 Å². The van der Waals surface area contributed by atoms with Gasteiger partial charge in [0.15, 0.2) is 5.82 Å². The van der Waals surface area contributed by atoms with Gasteiger partial charge < -0.3 is 5.73 Å². The quantitative estimate of drug-likeness (QED) is 0.731. The van der Waals surface area contributed by atoms with Crippen LogP contribution in [-0.2, 0) is 0 Å². The highest BCUT2D eigenvalue weighted by atomic mass is 16.2. The van der Waals surface area contributed by atoms with Crippen LogP contribution in [0.4, 0.5) is 5.82 Å². The van der Waals surface area contributed by atoms with Crippen LogP contribution in [0.1, 0.15) is 15.9 Å². The van der Waals surface area contributed by atoms with E-state index in [-0.39, 0.29) is 5.91 Å². The van der Waals surface area contributed by atoms with Crippen LogP contribution in [0, 0.1) is 6.92 Å². The number of carbonyl (C=O) groups excluding carboxylic acids is 1. The molecule has 0 aliphatic heterocycles. The Balaban J connectivity index is 1.97. The van der Waals surface area contributed by atoms with Gasteiger partial charge in [-0.05, 0) is 36.3 Å².